The lowest BCUT2D eigenvalue weighted by Gasteiger charge is -2.37. The number of benzene rings is 2. The quantitative estimate of drug-likeness (QED) is 0.239. The van der Waals surface area contributed by atoms with Gasteiger partial charge in [0.2, 0.25) is 5.91 Å². The number of thiazole rings is 1. The molecule has 0 aliphatic carbocycles. The van der Waals surface area contributed by atoms with Gasteiger partial charge in [0.05, 0.1) is 27.5 Å². The highest BCUT2D eigenvalue weighted by molar-refractivity contribution is 7.99. The Bertz CT molecular complexity index is 1570. The lowest BCUT2D eigenvalue weighted by atomic mass is 10.0. The molecule has 0 bridgehead atoms. The molecule has 246 valence electrons. The van der Waals surface area contributed by atoms with Crippen molar-refractivity contribution in [2.24, 2.45) is 0 Å². The third kappa shape index (κ3) is 8.81. The van der Waals surface area contributed by atoms with Crippen LogP contribution in [0, 0.1) is 0 Å². The van der Waals surface area contributed by atoms with E-state index in [4.69, 9.17) is 32.9 Å². The predicted octanol–water partition coefficient (Wildman–Crippen LogP) is 7.66. The smallest absolute Gasteiger partial charge is 0.421 e. The molecule has 2 aromatic carbocycles. The van der Waals surface area contributed by atoms with Crippen molar-refractivity contribution in [1.29, 1.82) is 0 Å². The van der Waals surface area contributed by atoms with Gasteiger partial charge in [0.1, 0.15) is 5.60 Å². The van der Waals surface area contributed by atoms with Crippen LogP contribution in [0.4, 0.5) is 10.5 Å². The van der Waals surface area contributed by atoms with Crippen LogP contribution in [-0.2, 0) is 20.9 Å². The van der Waals surface area contributed by atoms with E-state index in [0.717, 1.165) is 65.8 Å². The third-order valence-electron chi connectivity index (χ3n) is 7.80. The molecule has 3 aromatic rings. The van der Waals surface area contributed by atoms with E-state index in [-0.39, 0.29) is 17.9 Å². The highest BCUT2D eigenvalue weighted by atomic mass is 35.5. The SMILES string of the molecule is CC(=O)N(Sc1nc(-c2cccc(N(C(=O)OC(C)(C)C)C(=O)[C@@H]3CCCN3)c2)cs1)C1CCN(Cc2ccc(Cl)c(Cl)c2)CC1. The number of nitrogens with one attached hydrogen (secondary N) is 1. The number of aromatic nitrogens is 1. The first-order valence-corrected chi connectivity index (χ1v) is 17.8. The van der Waals surface area contributed by atoms with Crippen LogP contribution in [0.3, 0.4) is 0 Å². The van der Waals surface area contributed by atoms with Gasteiger partial charge in [-0.25, -0.2) is 14.7 Å². The fourth-order valence-corrected chi connectivity index (χ4v) is 7.83. The second kappa shape index (κ2) is 15.0. The van der Waals surface area contributed by atoms with Crippen LogP contribution in [0.1, 0.15) is 58.9 Å². The zero-order valence-electron chi connectivity index (χ0n) is 26.4. The van der Waals surface area contributed by atoms with Crippen LogP contribution >= 0.6 is 46.5 Å². The molecule has 5 rings (SSSR count). The molecule has 1 aromatic heterocycles. The van der Waals surface area contributed by atoms with Crippen LogP contribution in [0.25, 0.3) is 11.3 Å². The average molecular weight is 705 g/mol. The molecular weight excluding hydrogens is 665 g/mol. The maximum absolute atomic E-state index is 13.5. The van der Waals surface area contributed by atoms with Gasteiger partial charge in [-0.1, -0.05) is 41.4 Å². The highest BCUT2D eigenvalue weighted by Crippen LogP contribution is 2.35. The summed E-state index contributed by atoms with van der Waals surface area (Å²) in [5.74, 6) is -0.350. The Hall–Kier alpha value is -2.67. The van der Waals surface area contributed by atoms with E-state index < -0.39 is 17.7 Å². The Morgan fingerprint density at radius 2 is 1.85 bits per heavy atom. The monoisotopic (exact) mass is 703 g/mol. The molecule has 2 saturated heterocycles. The van der Waals surface area contributed by atoms with Gasteiger partial charge in [0.15, 0.2) is 4.34 Å². The number of carbonyl (C=O) groups excluding carboxylic acids is 3. The second-order valence-corrected chi connectivity index (χ2v) is 15.4. The van der Waals surface area contributed by atoms with E-state index in [2.05, 4.69) is 10.2 Å². The van der Waals surface area contributed by atoms with Gasteiger partial charge in [-0.15, -0.1) is 11.3 Å². The number of hydrogen-bond donors (Lipinski definition) is 1. The predicted molar refractivity (Wildman–Crippen MR) is 185 cm³/mol. The molecule has 13 heteroatoms. The van der Waals surface area contributed by atoms with E-state index in [1.54, 1.807) is 45.9 Å². The zero-order valence-corrected chi connectivity index (χ0v) is 29.6. The van der Waals surface area contributed by atoms with Crippen molar-refractivity contribution in [3.05, 3.63) is 63.5 Å². The Morgan fingerprint density at radius 1 is 1.09 bits per heavy atom. The molecule has 1 atom stereocenters. The van der Waals surface area contributed by atoms with Gasteiger partial charge < -0.3 is 10.1 Å². The number of ether oxygens (including phenoxy) is 1. The summed E-state index contributed by atoms with van der Waals surface area (Å²) in [5, 5.41) is 6.22. The minimum Gasteiger partial charge on any atom is -0.443 e. The largest absolute Gasteiger partial charge is 0.443 e. The van der Waals surface area contributed by atoms with Crippen LogP contribution in [0.2, 0.25) is 10.0 Å². The number of amides is 3. The molecule has 3 amide bonds. The average Bonchev–Trinajstić information content (AvgIpc) is 3.71. The second-order valence-electron chi connectivity index (χ2n) is 12.5. The molecule has 9 nitrogen and oxygen atoms in total. The maximum Gasteiger partial charge on any atom is 0.421 e. The van der Waals surface area contributed by atoms with E-state index in [0.29, 0.717) is 27.8 Å². The Balaban J connectivity index is 1.27. The van der Waals surface area contributed by atoms with Gasteiger partial charge >= 0.3 is 6.09 Å². The number of anilines is 1. The summed E-state index contributed by atoms with van der Waals surface area (Å²) in [6.45, 7) is 10.1. The molecule has 0 unspecified atom stereocenters. The summed E-state index contributed by atoms with van der Waals surface area (Å²) in [4.78, 5) is 47.9. The van der Waals surface area contributed by atoms with Crippen LogP contribution in [0.15, 0.2) is 52.2 Å². The standard InChI is InChI=1S/C33H39Cl2N5O4S2/c1-21(41)40(24-12-15-38(16-13-24)19-22-10-11-26(34)27(35)17-22)46-31-37-29(20-45-31)23-7-5-8-25(18-23)39(32(43)44-33(2,3)4)30(42)28-9-6-14-36-28/h5,7-8,10-11,17-18,20,24,28,36H,6,9,12-16,19H2,1-4H3/t28-/m0/s1. The van der Waals surface area contributed by atoms with E-state index in [9.17, 15) is 14.4 Å². The number of nitrogens with zero attached hydrogens (tertiary/aromatic N) is 4. The summed E-state index contributed by atoms with van der Waals surface area (Å²) >= 11 is 15.1. The van der Waals surface area contributed by atoms with Gasteiger partial charge in [-0.05, 0) is 82.8 Å². The zero-order chi connectivity index (χ0) is 33.0. The first-order valence-electron chi connectivity index (χ1n) is 15.4. The van der Waals surface area contributed by atoms with Crippen molar-refractivity contribution in [2.45, 2.75) is 81.9 Å². The van der Waals surface area contributed by atoms with Crippen LogP contribution in [-0.4, -0.2) is 69.4 Å². The summed E-state index contributed by atoms with van der Waals surface area (Å²) < 4.78 is 8.20. The van der Waals surface area contributed by atoms with E-state index >= 15 is 0 Å². The number of halogens is 2. The fourth-order valence-electron chi connectivity index (χ4n) is 5.61. The summed E-state index contributed by atoms with van der Waals surface area (Å²) in [5.41, 5.74) is 2.22. The minimum atomic E-state index is -0.762. The van der Waals surface area contributed by atoms with Gasteiger partial charge in [-0.3, -0.25) is 18.8 Å². The molecule has 2 aliphatic heterocycles. The van der Waals surface area contributed by atoms with Gasteiger partial charge in [-0.2, -0.15) is 0 Å². The molecule has 1 N–H and O–H groups in total. The molecule has 0 radical (unpaired) electrons. The highest BCUT2D eigenvalue weighted by Gasteiger charge is 2.35. The van der Waals surface area contributed by atoms with Crippen molar-refractivity contribution in [2.75, 3.05) is 24.5 Å². The number of hydrogen-bond acceptors (Lipinski definition) is 9. The third-order valence-corrected chi connectivity index (χ3v) is 10.7. The number of rotatable bonds is 8. The number of carbonyl (C=O) groups is 3. The van der Waals surface area contributed by atoms with Crippen molar-refractivity contribution < 1.29 is 19.1 Å². The Kier molecular flexibility index (Phi) is 11.3. The fraction of sp³-hybridized carbons (Fsp3) is 0.455. The van der Waals surface area contributed by atoms with E-state index in [1.807, 2.05) is 34.0 Å². The molecule has 0 spiro atoms. The first kappa shape index (κ1) is 34.7. The summed E-state index contributed by atoms with van der Waals surface area (Å²) in [7, 11) is 0. The Morgan fingerprint density at radius 3 is 2.50 bits per heavy atom. The van der Waals surface area contributed by atoms with Crippen LogP contribution < -0.4 is 10.2 Å². The number of piperidine rings is 1. The number of likely N-dealkylation sites (tertiary alicyclic amines) is 1. The molecule has 3 heterocycles. The van der Waals surface area contributed by atoms with Crippen molar-refractivity contribution >= 4 is 70.1 Å². The number of imide groups is 1. The normalized spacial score (nSPS) is 17.6. The molecule has 0 saturated carbocycles. The van der Waals surface area contributed by atoms with Gasteiger partial charge in [0.25, 0.3) is 5.91 Å². The lowest BCUT2D eigenvalue weighted by molar-refractivity contribution is -0.126. The Labute approximate surface area is 288 Å². The summed E-state index contributed by atoms with van der Waals surface area (Å²) in [6, 6.07) is 12.6. The summed E-state index contributed by atoms with van der Waals surface area (Å²) in [6.07, 6.45) is 2.51. The van der Waals surface area contributed by atoms with Crippen LogP contribution in [0.5, 0.6) is 0 Å². The van der Waals surface area contributed by atoms with Crippen molar-refractivity contribution in [3.8, 4) is 11.3 Å². The molecular formula is C33H39Cl2N5O4S2. The van der Waals surface area contributed by atoms with Gasteiger partial charge in [0, 0.05) is 55.5 Å². The topological polar surface area (TPSA) is 95.1 Å². The van der Waals surface area contributed by atoms with Crippen molar-refractivity contribution in [1.82, 2.24) is 19.5 Å². The van der Waals surface area contributed by atoms with Crippen molar-refractivity contribution in [3.63, 3.8) is 0 Å². The lowest BCUT2D eigenvalue weighted by Crippen LogP contribution is -2.48. The molecule has 2 aliphatic rings. The minimum absolute atomic E-state index is 0.0151. The first-order chi connectivity index (χ1) is 21.9. The van der Waals surface area contributed by atoms with E-state index in [1.165, 1.54) is 23.3 Å². The molecule has 2 fully saturated rings. The molecule has 46 heavy (non-hydrogen) atoms. The maximum atomic E-state index is 13.5.